The van der Waals surface area contributed by atoms with E-state index in [1.165, 1.54) is 12.8 Å². The Labute approximate surface area is 115 Å². The molecular formula is C16H22N2O. The maximum Gasteiger partial charge on any atom is 0.101 e. The van der Waals surface area contributed by atoms with Gasteiger partial charge in [0.05, 0.1) is 16.9 Å². The van der Waals surface area contributed by atoms with Crippen LogP contribution >= 0.6 is 0 Å². The van der Waals surface area contributed by atoms with Crippen molar-refractivity contribution in [3.05, 3.63) is 29.3 Å². The van der Waals surface area contributed by atoms with Crippen LogP contribution in [0.4, 0.5) is 5.69 Å². The van der Waals surface area contributed by atoms with E-state index in [1.807, 2.05) is 25.1 Å². The van der Waals surface area contributed by atoms with Crippen LogP contribution in [-0.2, 0) is 0 Å². The molecule has 2 rings (SSSR count). The number of aryl methyl sites for hydroxylation is 1. The maximum absolute atomic E-state index is 10.6. The highest BCUT2D eigenvalue weighted by Gasteiger charge is 2.27. The van der Waals surface area contributed by atoms with Crippen molar-refractivity contribution in [3.63, 3.8) is 0 Å². The lowest BCUT2D eigenvalue weighted by Crippen LogP contribution is -2.36. The molecule has 0 saturated heterocycles. The molecule has 1 aliphatic rings. The molecule has 1 aromatic rings. The zero-order valence-electron chi connectivity index (χ0n) is 11.6. The minimum absolute atomic E-state index is 0.533. The van der Waals surface area contributed by atoms with Gasteiger partial charge in [-0.2, -0.15) is 5.26 Å². The summed E-state index contributed by atoms with van der Waals surface area (Å²) >= 11 is 0. The first-order valence-electron chi connectivity index (χ1n) is 7.10. The quantitative estimate of drug-likeness (QED) is 0.817. The molecule has 0 amide bonds. The molecule has 0 atom stereocenters. The molecular weight excluding hydrogens is 236 g/mol. The van der Waals surface area contributed by atoms with Gasteiger partial charge in [0.15, 0.2) is 0 Å². The molecule has 0 radical (unpaired) electrons. The SMILES string of the molecule is Cc1ccc(C#N)c(NCC2(O)CCCCCC2)c1. The van der Waals surface area contributed by atoms with E-state index in [-0.39, 0.29) is 0 Å². The molecule has 0 bridgehead atoms. The summed E-state index contributed by atoms with van der Waals surface area (Å²) in [6.07, 6.45) is 6.34. The van der Waals surface area contributed by atoms with Crippen molar-refractivity contribution in [3.8, 4) is 6.07 Å². The zero-order valence-corrected chi connectivity index (χ0v) is 11.6. The second-order valence-corrected chi connectivity index (χ2v) is 5.65. The summed E-state index contributed by atoms with van der Waals surface area (Å²) in [5.41, 5.74) is 1.98. The van der Waals surface area contributed by atoms with Gasteiger partial charge in [-0.3, -0.25) is 0 Å². The zero-order chi connectivity index (χ0) is 13.7. The fourth-order valence-corrected chi connectivity index (χ4v) is 2.73. The molecule has 0 aliphatic heterocycles. The third-order valence-electron chi connectivity index (χ3n) is 3.94. The summed E-state index contributed by atoms with van der Waals surface area (Å²) in [4.78, 5) is 0. The summed E-state index contributed by atoms with van der Waals surface area (Å²) in [6.45, 7) is 2.54. The Kier molecular flexibility index (Phi) is 4.44. The fourth-order valence-electron chi connectivity index (χ4n) is 2.73. The average molecular weight is 258 g/mol. The third kappa shape index (κ3) is 3.71. The van der Waals surface area contributed by atoms with Gasteiger partial charge in [0.25, 0.3) is 0 Å². The summed E-state index contributed by atoms with van der Waals surface area (Å²) in [5, 5.41) is 23.0. The maximum atomic E-state index is 10.6. The monoisotopic (exact) mass is 258 g/mol. The van der Waals surface area contributed by atoms with Gasteiger partial charge < -0.3 is 10.4 Å². The van der Waals surface area contributed by atoms with E-state index in [9.17, 15) is 5.11 Å². The van der Waals surface area contributed by atoms with E-state index in [2.05, 4.69) is 11.4 Å². The van der Waals surface area contributed by atoms with Gasteiger partial charge in [-0.25, -0.2) is 0 Å². The molecule has 0 aromatic heterocycles. The predicted octanol–water partition coefficient (Wildman–Crippen LogP) is 3.36. The van der Waals surface area contributed by atoms with Crippen LogP contribution in [0.1, 0.15) is 49.7 Å². The second-order valence-electron chi connectivity index (χ2n) is 5.65. The van der Waals surface area contributed by atoms with E-state index in [4.69, 9.17) is 5.26 Å². The second kappa shape index (κ2) is 6.08. The highest BCUT2D eigenvalue weighted by Crippen LogP contribution is 2.28. The first-order valence-corrected chi connectivity index (χ1v) is 7.10. The number of hydrogen-bond donors (Lipinski definition) is 2. The smallest absolute Gasteiger partial charge is 0.101 e. The standard InChI is InChI=1S/C16H22N2O/c1-13-6-7-14(11-17)15(10-13)18-12-16(19)8-4-2-3-5-9-16/h6-7,10,18-19H,2-5,8-9,12H2,1H3. The van der Waals surface area contributed by atoms with Crippen LogP contribution in [-0.4, -0.2) is 17.3 Å². The number of rotatable bonds is 3. The first kappa shape index (κ1) is 13.9. The van der Waals surface area contributed by atoms with Gasteiger partial charge in [0.2, 0.25) is 0 Å². The Bertz CT molecular complexity index is 468. The van der Waals surface area contributed by atoms with Gasteiger partial charge in [0.1, 0.15) is 6.07 Å². The largest absolute Gasteiger partial charge is 0.388 e. The molecule has 1 fully saturated rings. The number of nitrogens with one attached hydrogen (secondary N) is 1. The minimum atomic E-state index is -0.618. The van der Waals surface area contributed by atoms with E-state index in [0.717, 1.165) is 36.9 Å². The topological polar surface area (TPSA) is 56.0 Å². The van der Waals surface area contributed by atoms with Crippen molar-refractivity contribution in [2.45, 2.75) is 51.0 Å². The lowest BCUT2D eigenvalue weighted by molar-refractivity contribution is 0.0381. The Morgan fingerprint density at radius 3 is 2.58 bits per heavy atom. The number of anilines is 1. The number of benzene rings is 1. The number of nitrogens with zero attached hydrogens (tertiary/aromatic N) is 1. The van der Waals surface area contributed by atoms with Crippen molar-refractivity contribution < 1.29 is 5.11 Å². The molecule has 1 saturated carbocycles. The lowest BCUT2D eigenvalue weighted by atomic mass is 9.94. The van der Waals surface area contributed by atoms with Crippen LogP contribution in [0.2, 0.25) is 0 Å². The van der Waals surface area contributed by atoms with Crippen LogP contribution in [0.25, 0.3) is 0 Å². The molecule has 3 nitrogen and oxygen atoms in total. The van der Waals surface area contributed by atoms with Gasteiger partial charge in [-0.1, -0.05) is 31.7 Å². The molecule has 1 aliphatic carbocycles. The fraction of sp³-hybridized carbons (Fsp3) is 0.562. The minimum Gasteiger partial charge on any atom is -0.388 e. The Hall–Kier alpha value is -1.53. The Balaban J connectivity index is 2.05. The van der Waals surface area contributed by atoms with Crippen LogP contribution in [0.5, 0.6) is 0 Å². The average Bonchev–Trinajstić information content (AvgIpc) is 2.62. The van der Waals surface area contributed by atoms with E-state index < -0.39 is 5.60 Å². The summed E-state index contributed by atoms with van der Waals surface area (Å²) in [7, 11) is 0. The van der Waals surface area contributed by atoms with Crippen molar-refractivity contribution in [2.24, 2.45) is 0 Å². The number of nitriles is 1. The van der Waals surface area contributed by atoms with Crippen LogP contribution in [0.15, 0.2) is 18.2 Å². The van der Waals surface area contributed by atoms with Crippen LogP contribution in [0, 0.1) is 18.3 Å². The van der Waals surface area contributed by atoms with Crippen molar-refractivity contribution >= 4 is 5.69 Å². The van der Waals surface area contributed by atoms with E-state index in [0.29, 0.717) is 12.1 Å². The van der Waals surface area contributed by atoms with Gasteiger partial charge >= 0.3 is 0 Å². The predicted molar refractivity (Wildman–Crippen MR) is 77.0 cm³/mol. The van der Waals surface area contributed by atoms with Crippen LogP contribution in [0.3, 0.4) is 0 Å². The van der Waals surface area contributed by atoms with E-state index >= 15 is 0 Å². The molecule has 3 heteroatoms. The lowest BCUT2D eigenvalue weighted by Gasteiger charge is -2.27. The van der Waals surface area contributed by atoms with Crippen molar-refractivity contribution in [1.29, 1.82) is 5.26 Å². The van der Waals surface area contributed by atoms with Crippen molar-refractivity contribution in [1.82, 2.24) is 0 Å². The van der Waals surface area contributed by atoms with Gasteiger partial charge in [-0.15, -0.1) is 0 Å². The third-order valence-corrected chi connectivity index (χ3v) is 3.94. The highest BCUT2D eigenvalue weighted by atomic mass is 16.3. The molecule has 0 heterocycles. The Morgan fingerprint density at radius 2 is 1.95 bits per heavy atom. The summed E-state index contributed by atoms with van der Waals surface area (Å²) < 4.78 is 0. The van der Waals surface area contributed by atoms with Crippen LogP contribution < -0.4 is 5.32 Å². The highest BCUT2D eigenvalue weighted by molar-refractivity contribution is 5.58. The first-order chi connectivity index (χ1) is 9.13. The van der Waals surface area contributed by atoms with E-state index in [1.54, 1.807) is 0 Å². The molecule has 0 spiro atoms. The molecule has 2 N–H and O–H groups in total. The Morgan fingerprint density at radius 1 is 1.26 bits per heavy atom. The number of hydrogen-bond acceptors (Lipinski definition) is 3. The number of aliphatic hydroxyl groups is 1. The summed E-state index contributed by atoms with van der Waals surface area (Å²) in [5.74, 6) is 0. The van der Waals surface area contributed by atoms with Gasteiger partial charge in [-0.05, 0) is 37.5 Å². The van der Waals surface area contributed by atoms with Crippen molar-refractivity contribution in [2.75, 3.05) is 11.9 Å². The molecule has 1 aromatic carbocycles. The molecule has 0 unspecified atom stereocenters. The molecule has 19 heavy (non-hydrogen) atoms. The normalized spacial score (nSPS) is 18.4. The summed E-state index contributed by atoms with van der Waals surface area (Å²) in [6, 6.07) is 7.92. The molecule has 102 valence electrons. The van der Waals surface area contributed by atoms with Gasteiger partial charge in [0, 0.05) is 6.54 Å².